The number of rotatable bonds is 5. The van der Waals surface area contributed by atoms with Crippen molar-refractivity contribution in [3.8, 4) is 11.8 Å². The molecule has 0 unspecified atom stereocenters. The van der Waals surface area contributed by atoms with Crippen molar-refractivity contribution >= 4 is 17.7 Å². The van der Waals surface area contributed by atoms with E-state index in [1.807, 2.05) is 18.4 Å². The summed E-state index contributed by atoms with van der Waals surface area (Å²) in [6.07, 6.45) is 2.48. The first-order valence-corrected chi connectivity index (χ1v) is 7.14. The van der Waals surface area contributed by atoms with E-state index in [1.54, 1.807) is 23.9 Å². The van der Waals surface area contributed by atoms with Gasteiger partial charge >= 0.3 is 0 Å². The monoisotopic (exact) mass is 263 g/mol. The third-order valence-corrected chi connectivity index (χ3v) is 2.82. The number of aliphatic hydroxyl groups is 1. The van der Waals surface area contributed by atoms with Crippen LogP contribution in [0.15, 0.2) is 24.3 Å². The number of amides is 1. The molecule has 0 aliphatic heterocycles. The van der Waals surface area contributed by atoms with Gasteiger partial charge in [-0.25, -0.2) is 0 Å². The number of aliphatic hydroxyl groups excluding tert-OH is 1. The molecule has 1 rings (SSSR count). The van der Waals surface area contributed by atoms with E-state index in [2.05, 4.69) is 17.2 Å². The minimum absolute atomic E-state index is 0.0566. The smallest absolute Gasteiger partial charge is 0.251 e. The number of thioether (sulfide) groups is 1. The SMILES string of the molecule is CSCCNC(=O)c1ccc(C#CCCO)cc1. The van der Waals surface area contributed by atoms with Crippen molar-refractivity contribution in [3.63, 3.8) is 0 Å². The number of hydrogen-bond donors (Lipinski definition) is 2. The molecule has 1 amide bonds. The molecule has 1 aromatic rings. The predicted molar refractivity (Wildman–Crippen MR) is 75.7 cm³/mol. The van der Waals surface area contributed by atoms with Crippen LogP contribution in [0, 0.1) is 11.8 Å². The first-order chi connectivity index (χ1) is 8.77. The molecule has 0 atom stereocenters. The Morgan fingerprint density at radius 1 is 1.39 bits per heavy atom. The molecule has 18 heavy (non-hydrogen) atoms. The lowest BCUT2D eigenvalue weighted by atomic mass is 10.1. The highest BCUT2D eigenvalue weighted by molar-refractivity contribution is 7.98. The normalized spacial score (nSPS) is 9.44. The number of benzene rings is 1. The fraction of sp³-hybridized carbons (Fsp3) is 0.357. The van der Waals surface area contributed by atoms with E-state index >= 15 is 0 Å². The summed E-state index contributed by atoms with van der Waals surface area (Å²) in [5, 5.41) is 11.4. The fourth-order valence-corrected chi connectivity index (χ4v) is 1.60. The van der Waals surface area contributed by atoms with E-state index < -0.39 is 0 Å². The van der Waals surface area contributed by atoms with Crippen LogP contribution in [-0.4, -0.2) is 36.2 Å². The van der Waals surface area contributed by atoms with Crippen LogP contribution in [-0.2, 0) is 0 Å². The lowest BCUT2D eigenvalue weighted by molar-refractivity contribution is 0.0956. The van der Waals surface area contributed by atoms with Gasteiger partial charge in [0.05, 0.1) is 6.61 Å². The second-order valence-corrected chi connectivity index (χ2v) is 4.59. The van der Waals surface area contributed by atoms with Gasteiger partial charge in [0.25, 0.3) is 5.91 Å². The van der Waals surface area contributed by atoms with E-state index in [0.29, 0.717) is 18.5 Å². The van der Waals surface area contributed by atoms with Crippen molar-refractivity contribution in [1.82, 2.24) is 5.32 Å². The molecule has 2 N–H and O–H groups in total. The largest absolute Gasteiger partial charge is 0.395 e. The van der Waals surface area contributed by atoms with Gasteiger partial charge in [0.1, 0.15) is 0 Å². The third-order valence-electron chi connectivity index (χ3n) is 2.21. The molecule has 96 valence electrons. The lowest BCUT2D eigenvalue weighted by Crippen LogP contribution is -2.25. The minimum Gasteiger partial charge on any atom is -0.395 e. The number of nitrogens with one attached hydrogen (secondary N) is 1. The first kappa shape index (κ1) is 14.6. The van der Waals surface area contributed by atoms with Gasteiger partial charge < -0.3 is 10.4 Å². The van der Waals surface area contributed by atoms with Gasteiger partial charge in [-0.1, -0.05) is 11.8 Å². The van der Waals surface area contributed by atoms with Gasteiger partial charge in [0, 0.05) is 29.8 Å². The maximum Gasteiger partial charge on any atom is 0.251 e. The Balaban J connectivity index is 2.54. The summed E-state index contributed by atoms with van der Waals surface area (Å²) in [5.74, 6) is 6.61. The van der Waals surface area contributed by atoms with Crippen LogP contribution < -0.4 is 5.32 Å². The molecule has 3 nitrogen and oxygen atoms in total. The van der Waals surface area contributed by atoms with Gasteiger partial charge in [0.15, 0.2) is 0 Å². The van der Waals surface area contributed by atoms with E-state index in [9.17, 15) is 4.79 Å². The molecule has 0 aliphatic rings. The van der Waals surface area contributed by atoms with Crippen molar-refractivity contribution in [2.24, 2.45) is 0 Å². The summed E-state index contributed by atoms with van der Waals surface area (Å²) < 4.78 is 0. The summed E-state index contributed by atoms with van der Waals surface area (Å²) in [7, 11) is 0. The van der Waals surface area contributed by atoms with Gasteiger partial charge in [0.2, 0.25) is 0 Å². The quantitative estimate of drug-likeness (QED) is 0.625. The average molecular weight is 263 g/mol. The Labute approximate surface area is 112 Å². The molecule has 0 saturated carbocycles. The molecular weight excluding hydrogens is 246 g/mol. The maximum absolute atomic E-state index is 11.7. The summed E-state index contributed by atoms with van der Waals surface area (Å²) >= 11 is 1.70. The maximum atomic E-state index is 11.7. The molecule has 0 fully saturated rings. The zero-order valence-electron chi connectivity index (χ0n) is 10.4. The van der Waals surface area contributed by atoms with E-state index in [-0.39, 0.29) is 12.5 Å². The lowest BCUT2D eigenvalue weighted by Gasteiger charge is -2.03. The highest BCUT2D eigenvalue weighted by Crippen LogP contribution is 2.03. The number of hydrogen-bond acceptors (Lipinski definition) is 3. The molecule has 4 heteroatoms. The molecule has 0 saturated heterocycles. The second kappa shape index (κ2) is 8.62. The Bertz CT molecular complexity index is 431. The zero-order chi connectivity index (χ0) is 13.2. The molecule has 0 spiro atoms. The molecule has 0 heterocycles. The van der Waals surface area contributed by atoms with E-state index in [1.165, 1.54) is 0 Å². The number of carbonyl (C=O) groups is 1. The minimum atomic E-state index is -0.0566. The van der Waals surface area contributed by atoms with Gasteiger partial charge in [-0.3, -0.25) is 4.79 Å². The van der Waals surface area contributed by atoms with Crippen LogP contribution in [0.2, 0.25) is 0 Å². The molecular formula is C14H17NO2S. The third kappa shape index (κ3) is 5.26. The van der Waals surface area contributed by atoms with Crippen LogP contribution >= 0.6 is 11.8 Å². The standard InChI is InChI=1S/C14H17NO2S/c1-18-11-9-15-14(17)13-7-5-12(6-8-13)4-2-3-10-16/h5-8,16H,3,9-11H2,1H3,(H,15,17). The Kier molecular flexibility index (Phi) is 7.00. The highest BCUT2D eigenvalue weighted by Gasteiger charge is 2.03. The highest BCUT2D eigenvalue weighted by atomic mass is 32.2. The number of carbonyl (C=O) groups excluding carboxylic acids is 1. The van der Waals surface area contributed by atoms with E-state index in [4.69, 9.17) is 5.11 Å². The van der Waals surface area contributed by atoms with Crippen LogP contribution in [0.5, 0.6) is 0 Å². The zero-order valence-corrected chi connectivity index (χ0v) is 11.2. The Morgan fingerprint density at radius 2 is 2.11 bits per heavy atom. The van der Waals surface area contributed by atoms with Crippen molar-refractivity contribution in [2.75, 3.05) is 25.2 Å². The first-order valence-electron chi connectivity index (χ1n) is 5.75. The second-order valence-electron chi connectivity index (χ2n) is 3.60. The molecule has 0 bridgehead atoms. The van der Waals surface area contributed by atoms with E-state index in [0.717, 1.165) is 11.3 Å². The summed E-state index contributed by atoms with van der Waals surface area (Å²) in [6.45, 7) is 0.751. The van der Waals surface area contributed by atoms with Crippen LogP contribution in [0.25, 0.3) is 0 Å². The molecule has 0 aromatic heterocycles. The Hall–Kier alpha value is -1.44. The Morgan fingerprint density at radius 3 is 2.72 bits per heavy atom. The fourth-order valence-electron chi connectivity index (χ4n) is 1.29. The molecule has 0 radical (unpaired) electrons. The molecule has 1 aromatic carbocycles. The van der Waals surface area contributed by atoms with Crippen molar-refractivity contribution in [2.45, 2.75) is 6.42 Å². The van der Waals surface area contributed by atoms with Crippen molar-refractivity contribution in [3.05, 3.63) is 35.4 Å². The van der Waals surface area contributed by atoms with Gasteiger partial charge in [-0.05, 0) is 30.5 Å². The average Bonchev–Trinajstić information content (AvgIpc) is 2.40. The van der Waals surface area contributed by atoms with Crippen LogP contribution in [0.1, 0.15) is 22.3 Å². The van der Waals surface area contributed by atoms with Crippen molar-refractivity contribution < 1.29 is 9.90 Å². The van der Waals surface area contributed by atoms with Crippen LogP contribution in [0.3, 0.4) is 0 Å². The summed E-state index contributed by atoms with van der Waals surface area (Å²) in [5.41, 5.74) is 1.49. The topological polar surface area (TPSA) is 49.3 Å². The summed E-state index contributed by atoms with van der Waals surface area (Å²) in [6, 6.07) is 7.15. The van der Waals surface area contributed by atoms with Gasteiger partial charge in [-0.15, -0.1) is 0 Å². The molecule has 0 aliphatic carbocycles. The van der Waals surface area contributed by atoms with Gasteiger partial charge in [-0.2, -0.15) is 11.8 Å². The van der Waals surface area contributed by atoms with Crippen molar-refractivity contribution in [1.29, 1.82) is 0 Å². The predicted octanol–water partition coefficient (Wildman–Crippen LogP) is 1.51. The summed E-state index contributed by atoms with van der Waals surface area (Å²) in [4.78, 5) is 11.7. The van der Waals surface area contributed by atoms with Crippen LogP contribution in [0.4, 0.5) is 0 Å².